The summed E-state index contributed by atoms with van der Waals surface area (Å²) in [6.07, 6.45) is 1.87. The molecule has 1 aromatic heterocycles. The van der Waals surface area contributed by atoms with Crippen molar-refractivity contribution >= 4 is 23.7 Å². The number of hydrogen-bond donors (Lipinski definition) is 1. The number of amides is 2. The predicted molar refractivity (Wildman–Crippen MR) is 86.7 cm³/mol. The van der Waals surface area contributed by atoms with Gasteiger partial charge in [-0.15, -0.1) is 11.3 Å². The molecule has 0 bridgehead atoms. The zero-order valence-corrected chi connectivity index (χ0v) is 13.0. The lowest BCUT2D eigenvalue weighted by Crippen LogP contribution is -2.41. The van der Waals surface area contributed by atoms with Crippen LogP contribution in [0.25, 0.3) is 0 Å². The molecule has 1 atom stereocenters. The van der Waals surface area contributed by atoms with Gasteiger partial charge in [0.1, 0.15) is 0 Å². The fourth-order valence-electron chi connectivity index (χ4n) is 2.96. The monoisotopic (exact) mass is 314 g/mol. The van der Waals surface area contributed by atoms with E-state index in [1.807, 2.05) is 23.1 Å². The summed E-state index contributed by atoms with van der Waals surface area (Å²) in [6.45, 7) is 1.11. The SMILES string of the molecule is O=CNCCC(=O)N1CCc2sccc2C1c1ccccc1. The third-order valence-electron chi connectivity index (χ3n) is 3.97. The van der Waals surface area contributed by atoms with Crippen LogP contribution in [0.2, 0.25) is 0 Å². The molecule has 0 spiro atoms. The van der Waals surface area contributed by atoms with Crippen molar-refractivity contribution in [1.29, 1.82) is 0 Å². The van der Waals surface area contributed by atoms with Crippen LogP contribution in [-0.4, -0.2) is 30.3 Å². The summed E-state index contributed by atoms with van der Waals surface area (Å²) in [7, 11) is 0. The minimum absolute atomic E-state index is 0.0140. The number of nitrogens with zero attached hydrogens (tertiary/aromatic N) is 1. The summed E-state index contributed by atoms with van der Waals surface area (Å²) in [4.78, 5) is 26.2. The van der Waals surface area contributed by atoms with Gasteiger partial charge in [-0.2, -0.15) is 0 Å². The first-order valence-corrected chi connectivity index (χ1v) is 8.27. The average molecular weight is 314 g/mol. The summed E-state index contributed by atoms with van der Waals surface area (Å²) in [5, 5.41) is 4.66. The van der Waals surface area contributed by atoms with E-state index in [4.69, 9.17) is 0 Å². The first-order valence-electron chi connectivity index (χ1n) is 7.39. The number of carbonyl (C=O) groups excluding carboxylic acids is 2. The molecule has 0 aliphatic carbocycles. The number of nitrogens with one attached hydrogen (secondary N) is 1. The summed E-state index contributed by atoms with van der Waals surface area (Å²) in [5.74, 6) is 0.0834. The van der Waals surface area contributed by atoms with Crippen LogP contribution in [0, 0.1) is 0 Å². The molecule has 114 valence electrons. The smallest absolute Gasteiger partial charge is 0.225 e. The number of benzene rings is 1. The number of fused-ring (bicyclic) bond motifs is 1. The van der Waals surface area contributed by atoms with Crippen molar-refractivity contribution in [3.63, 3.8) is 0 Å². The van der Waals surface area contributed by atoms with Crippen LogP contribution in [0.5, 0.6) is 0 Å². The first-order chi connectivity index (χ1) is 10.8. The van der Waals surface area contributed by atoms with Gasteiger partial charge in [-0.05, 0) is 29.0 Å². The lowest BCUT2D eigenvalue weighted by Gasteiger charge is -2.36. The average Bonchev–Trinajstić information content (AvgIpc) is 3.03. The van der Waals surface area contributed by atoms with Crippen LogP contribution in [0.4, 0.5) is 0 Å². The standard InChI is InChI=1S/C17H18N2O2S/c20-12-18-9-6-16(21)19-10-7-15-14(8-11-22-15)17(19)13-4-2-1-3-5-13/h1-5,8,11-12,17H,6-7,9-10H2,(H,18,20). The lowest BCUT2D eigenvalue weighted by atomic mass is 9.93. The number of hydrogen-bond acceptors (Lipinski definition) is 3. The fraction of sp³-hybridized carbons (Fsp3) is 0.294. The topological polar surface area (TPSA) is 49.4 Å². The fourth-order valence-corrected chi connectivity index (χ4v) is 3.87. The quantitative estimate of drug-likeness (QED) is 0.680. The van der Waals surface area contributed by atoms with Crippen LogP contribution >= 0.6 is 11.3 Å². The Morgan fingerprint density at radius 1 is 1.32 bits per heavy atom. The Kier molecular flexibility index (Phi) is 4.53. The van der Waals surface area contributed by atoms with Crippen molar-refractivity contribution in [2.75, 3.05) is 13.1 Å². The molecule has 3 rings (SSSR count). The highest BCUT2D eigenvalue weighted by Gasteiger charge is 2.32. The zero-order valence-electron chi connectivity index (χ0n) is 12.2. The van der Waals surface area contributed by atoms with Gasteiger partial charge in [0.05, 0.1) is 6.04 Å². The van der Waals surface area contributed by atoms with Crippen molar-refractivity contribution in [2.24, 2.45) is 0 Å². The molecule has 0 fully saturated rings. The van der Waals surface area contributed by atoms with Crippen molar-refractivity contribution in [2.45, 2.75) is 18.9 Å². The molecule has 1 unspecified atom stereocenters. The number of rotatable bonds is 5. The molecular weight excluding hydrogens is 296 g/mol. The zero-order chi connectivity index (χ0) is 15.4. The van der Waals surface area contributed by atoms with Gasteiger partial charge in [-0.3, -0.25) is 9.59 Å². The molecule has 2 aromatic rings. The van der Waals surface area contributed by atoms with E-state index in [1.165, 1.54) is 10.4 Å². The molecule has 0 saturated carbocycles. The van der Waals surface area contributed by atoms with Gasteiger partial charge >= 0.3 is 0 Å². The number of carbonyl (C=O) groups is 2. The van der Waals surface area contributed by atoms with Gasteiger partial charge < -0.3 is 10.2 Å². The maximum Gasteiger partial charge on any atom is 0.225 e. The highest BCUT2D eigenvalue weighted by atomic mass is 32.1. The molecule has 1 aliphatic heterocycles. The van der Waals surface area contributed by atoms with Gasteiger partial charge in [0.2, 0.25) is 12.3 Å². The molecule has 22 heavy (non-hydrogen) atoms. The summed E-state index contributed by atoms with van der Waals surface area (Å²) < 4.78 is 0. The van der Waals surface area contributed by atoms with Crippen molar-refractivity contribution in [3.05, 3.63) is 57.8 Å². The van der Waals surface area contributed by atoms with Gasteiger partial charge in [-0.1, -0.05) is 30.3 Å². The van der Waals surface area contributed by atoms with E-state index >= 15 is 0 Å². The minimum Gasteiger partial charge on any atom is -0.358 e. The molecule has 1 N–H and O–H groups in total. The Balaban J connectivity index is 1.89. The van der Waals surface area contributed by atoms with Gasteiger partial charge in [0, 0.05) is 24.4 Å². The van der Waals surface area contributed by atoms with Crippen molar-refractivity contribution in [1.82, 2.24) is 10.2 Å². The van der Waals surface area contributed by atoms with Crippen LogP contribution in [0.15, 0.2) is 41.8 Å². The van der Waals surface area contributed by atoms with Crippen LogP contribution < -0.4 is 5.32 Å². The van der Waals surface area contributed by atoms with E-state index < -0.39 is 0 Å². The summed E-state index contributed by atoms with van der Waals surface area (Å²) in [6, 6.07) is 12.3. The molecule has 0 saturated heterocycles. The normalized spacial score (nSPS) is 16.9. The first kappa shape index (κ1) is 14.8. The highest BCUT2D eigenvalue weighted by Crippen LogP contribution is 2.37. The van der Waals surface area contributed by atoms with Crippen LogP contribution in [0.3, 0.4) is 0 Å². The lowest BCUT2D eigenvalue weighted by molar-refractivity contribution is -0.133. The van der Waals surface area contributed by atoms with E-state index in [0.717, 1.165) is 18.5 Å². The Morgan fingerprint density at radius 3 is 2.91 bits per heavy atom. The Bertz CT molecular complexity index is 654. The molecule has 5 heteroatoms. The van der Waals surface area contributed by atoms with Crippen molar-refractivity contribution in [3.8, 4) is 0 Å². The molecular formula is C17H18N2O2S. The van der Waals surface area contributed by atoms with Gasteiger partial charge in [0.15, 0.2) is 0 Å². The van der Waals surface area contributed by atoms with E-state index in [9.17, 15) is 9.59 Å². The Morgan fingerprint density at radius 2 is 2.14 bits per heavy atom. The molecule has 2 amide bonds. The minimum atomic E-state index is -0.0140. The second-order valence-electron chi connectivity index (χ2n) is 5.27. The Hall–Kier alpha value is -2.14. The molecule has 1 aliphatic rings. The molecule has 4 nitrogen and oxygen atoms in total. The van der Waals surface area contributed by atoms with Gasteiger partial charge in [-0.25, -0.2) is 0 Å². The third-order valence-corrected chi connectivity index (χ3v) is 4.96. The molecule has 2 heterocycles. The maximum atomic E-state index is 12.6. The van der Waals surface area contributed by atoms with Crippen LogP contribution in [0.1, 0.15) is 28.5 Å². The maximum absolute atomic E-state index is 12.6. The predicted octanol–water partition coefficient (Wildman–Crippen LogP) is 2.36. The van der Waals surface area contributed by atoms with E-state index in [2.05, 4.69) is 28.9 Å². The molecule has 0 radical (unpaired) electrons. The largest absolute Gasteiger partial charge is 0.358 e. The van der Waals surface area contributed by atoms with E-state index in [0.29, 0.717) is 19.4 Å². The van der Waals surface area contributed by atoms with E-state index in [-0.39, 0.29) is 11.9 Å². The Labute approximate surface area is 133 Å². The second-order valence-corrected chi connectivity index (χ2v) is 6.27. The highest BCUT2D eigenvalue weighted by molar-refractivity contribution is 7.10. The summed E-state index contributed by atoms with van der Waals surface area (Å²) >= 11 is 1.76. The third kappa shape index (κ3) is 2.90. The second kappa shape index (κ2) is 6.75. The molecule has 1 aromatic carbocycles. The number of thiophene rings is 1. The van der Waals surface area contributed by atoms with Crippen LogP contribution in [-0.2, 0) is 16.0 Å². The summed E-state index contributed by atoms with van der Waals surface area (Å²) in [5.41, 5.74) is 2.37. The van der Waals surface area contributed by atoms with Crippen molar-refractivity contribution < 1.29 is 9.59 Å². The van der Waals surface area contributed by atoms with E-state index in [1.54, 1.807) is 11.3 Å². The van der Waals surface area contributed by atoms with Gasteiger partial charge in [0.25, 0.3) is 0 Å².